The molecule has 3 rings (SSSR count). The van der Waals surface area contributed by atoms with E-state index >= 15 is 0 Å². The summed E-state index contributed by atoms with van der Waals surface area (Å²) >= 11 is 3.06. The number of aliphatic carboxylic acids is 1. The number of aromatic nitrogens is 2. The summed E-state index contributed by atoms with van der Waals surface area (Å²) in [5.74, 6) is -3.48. The van der Waals surface area contributed by atoms with E-state index in [1.165, 1.54) is 24.4 Å². The number of carbonyl (C=O) groups is 2. The number of hydrogen-bond donors (Lipinski definition) is 4. The molecule has 0 radical (unpaired) electrons. The molecule has 186 valence electrons. The largest absolute Gasteiger partial charge is 0.490 e. The molecule has 16 heteroatoms. The first-order chi connectivity index (χ1) is 16.5. The van der Waals surface area contributed by atoms with Gasteiger partial charge in [0.15, 0.2) is 5.69 Å². The average molecular weight is 563 g/mol. The highest BCUT2D eigenvalue weighted by atomic mass is 79.9. The molecule has 0 saturated heterocycles. The number of nitrogens with one attached hydrogen (secondary N) is 2. The number of halogens is 5. The molecular weight excluding hydrogens is 548 g/mol. The number of benzene rings is 2. The molecule has 0 bridgehead atoms. The van der Waals surface area contributed by atoms with Gasteiger partial charge in [-0.3, -0.25) is 9.73 Å². The molecule has 1 heterocycles. The summed E-state index contributed by atoms with van der Waals surface area (Å²) in [7, 11) is 0. The molecular formula is C19H15BrF4N6O5. The SMILES string of the molecule is NCc1ccc(C(=O)Nc2nonc2/C=N/ONc2ccc(F)c(Br)c2)cc1.O=C(O)C(F)(F)F. The van der Waals surface area contributed by atoms with Crippen LogP contribution in [0.1, 0.15) is 21.6 Å². The highest BCUT2D eigenvalue weighted by Gasteiger charge is 2.38. The predicted octanol–water partition coefficient (Wildman–Crippen LogP) is 3.69. The van der Waals surface area contributed by atoms with E-state index < -0.39 is 23.9 Å². The molecule has 0 aliphatic rings. The number of carboxylic acids is 1. The van der Waals surface area contributed by atoms with Gasteiger partial charge in [0.1, 0.15) is 12.0 Å². The van der Waals surface area contributed by atoms with Crippen LogP contribution in [-0.4, -0.2) is 39.7 Å². The second-order valence-electron chi connectivity index (χ2n) is 6.21. The number of alkyl halides is 3. The Labute approximate surface area is 202 Å². The average Bonchev–Trinajstić information content (AvgIpc) is 3.25. The van der Waals surface area contributed by atoms with Gasteiger partial charge in [-0.05, 0) is 62.1 Å². The standard InChI is InChI=1S/C17H14BrFN6O3.C2HF3O2/c18-13-7-12(5-6-14(13)19)23-27-21-9-15-16(25-28-24-15)22-17(26)11-3-1-10(8-20)2-4-11;3-2(4,5)1(6)7/h1-7,9,23H,8,20H2,(H,22,25,26);(H,6,7)/b21-9+;. The number of hydrogen-bond acceptors (Lipinski definition) is 9. The molecule has 0 fully saturated rings. The first-order valence-corrected chi connectivity index (χ1v) is 9.94. The van der Waals surface area contributed by atoms with Gasteiger partial charge in [0.25, 0.3) is 5.91 Å². The van der Waals surface area contributed by atoms with Crippen LogP contribution in [0.25, 0.3) is 0 Å². The van der Waals surface area contributed by atoms with Crippen molar-refractivity contribution in [3.63, 3.8) is 0 Å². The van der Waals surface area contributed by atoms with Gasteiger partial charge in [-0.15, -0.1) is 0 Å². The van der Waals surface area contributed by atoms with Crippen molar-refractivity contribution in [1.82, 2.24) is 10.3 Å². The number of amides is 1. The molecule has 0 aliphatic heterocycles. The Morgan fingerprint density at radius 2 is 1.86 bits per heavy atom. The summed E-state index contributed by atoms with van der Waals surface area (Å²) in [5, 5.41) is 20.6. The molecule has 0 atom stereocenters. The zero-order valence-electron chi connectivity index (χ0n) is 17.2. The van der Waals surface area contributed by atoms with Gasteiger partial charge in [0.05, 0.1) is 10.2 Å². The van der Waals surface area contributed by atoms with E-state index in [0.29, 0.717) is 17.8 Å². The van der Waals surface area contributed by atoms with Gasteiger partial charge in [0, 0.05) is 12.1 Å². The lowest BCUT2D eigenvalue weighted by Gasteiger charge is -2.04. The van der Waals surface area contributed by atoms with Gasteiger partial charge in [-0.25, -0.2) is 13.8 Å². The third kappa shape index (κ3) is 8.67. The summed E-state index contributed by atoms with van der Waals surface area (Å²) in [6.45, 7) is 0.388. The Hall–Kier alpha value is -4.05. The van der Waals surface area contributed by atoms with E-state index in [-0.39, 0.29) is 16.0 Å². The van der Waals surface area contributed by atoms with E-state index in [4.69, 9.17) is 20.6 Å². The maximum absolute atomic E-state index is 13.2. The molecule has 35 heavy (non-hydrogen) atoms. The highest BCUT2D eigenvalue weighted by molar-refractivity contribution is 9.10. The van der Waals surface area contributed by atoms with E-state index in [9.17, 15) is 22.4 Å². The molecule has 0 saturated carbocycles. The fraction of sp³-hybridized carbons (Fsp3) is 0.105. The van der Waals surface area contributed by atoms with Crippen molar-refractivity contribution in [2.45, 2.75) is 12.7 Å². The summed E-state index contributed by atoms with van der Waals surface area (Å²) in [4.78, 5) is 26.1. The minimum atomic E-state index is -5.08. The van der Waals surface area contributed by atoms with E-state index in [1.54, 1.807) is 24.3 Å². The molecule has 1 amide bonds. The monoisotopic (exact) mass is 562 g/mol. The maximum atomic E-state index is 13.2. The third-order valence-corrected chi connectivity index (χ3v) is 4.36. The zero-order chi connectivity index (χ0) is 26.0. The topological polar surface area (TPSA) is 165 Å². The van der Waals surface area contributed by atoms with Crippen molar-refractivity contribution < 1.29 is 41.8 Å². The van der Waals surface area contributed by atoms with Gasteiger partial charge >= 0.3 is 12.1 Å². The van der Waals surface area contributed by atoms with E-state index in [0.717, 1.165) is 5.56 Å². The fourth-order valence-corrected chi connectivity index (χ4v) is 2.43. The second-order valence-corrected chi connectivity index (χ2v) is 7.07. The van der Waals surface area contributed by atoms with Crippen LogP contribution in [0.2, 0.25) is 0 Å². The number of carboxylic acid groups (broad SMARTS) is 1. The van der Waals surface area contributed by atoms with Crippen molar-refractivity contribution in [2.24, 2.45) is 10.9 Å². The normalized spacial score (nSPS) is 10.9. The second kappa shape index (κ2) is 12.4. The van der Waals surface area contributed by atoms with Crippen LogP contribution in [0.5, 0.6) is 0 Å². The van der Waals surface area contributed by atoms with Crippen molar-refractivity contribution >= 4 is 45.5 Å². The number of nitrogens with two attached hydrogens (primary N) is 1. The number of carbonyl (C=O) groups excluding carboxylic acids is 1. The van der Waals surface area contributed by atoms with Gasteiger partial charge in [-0.2, -0.15) is 18.7 Å². The minimum absolute atomic E-state index is 0.0739. The Kier molecular flexibility index (Phi) is 9.65. The van der Waals surface area contributed by atoms with Crippen LogP contribution >= 0.6 is 15.9 Å². The van der Waals surface area contributed by atoms with Crippen molar-refractivity contribution in [2.75, 3.05) is 10.8 Å². The molecule has 0 spiro atoms. The van der Waals surface area contributed by atoms with Crippen molar-refractivity contribution in [3.05, 3.63) is 69.6 Å². The summed E-state index contributed by atoms with van der Waals surface area (Å²) in [6.07, 6.45) is -3.89. The Morgan fingerprint density at radius 3 is 2.43 bits per heavy atom. The minimum Gasteiger partial charge on any atom is -0.475 e. The van der Waals surface area contributed by atoms with Crippen LogP contribution in [-0.2, 0) is 16.3 Å². The number of oxime groups is 1. The smallest absolute Gasteiger partial charge is 0.475 e. The Morgan fingerprint density at radius 1 is 1.20 bits per heavy atom. The maximum Gasteiger partial charge on any atom is 0.490 e. The first kappa shape index (κ1) is 27.2. The van der Waals surface area contributed by atoms with Crippen LogP contribution in [0.3, 0.4) is 0 Å². The number of nitrogens with zero attached hydrogens (tertiary/aromatic N) is 3. The lowest BCUT2D eigenvalue weighted by Crippen LogP contribution is -2.21. The molecule has 0 unspecified atom stereocenters. The summed E-state index contributed by atoms with van der Waals surface area (Å²) < 4.78 is 49.8. The van der Waals surface area contributed by atoms with Crippen LogP contribution < -0.4 is 16.5 Å². The predicted molar refractivity (Wildman–Crippen MR) is 117 cm³/mol. The van der Waals surface area contributed by atoms with E-state index in [2.05, 4.69) is 46.8 Å². The van der Waals surface area contributed by atoms with Gasteiger partial charge in [-0.1, -0.05) is 17.3 Å². The lowest BCUT2D eigenvalue weighted by atomic mass is 10.1. The van der Waals surface area contributed by atoms with E-state index in [1.807, 2.05) is 0 Å². The van der Waals surface area contributed by atoms with Crippen molar-refractivity contribution in [1.29, 1.82) is 0 Å². The first-order valence-electron chi connectivity index (χ1n) is 9.14. The number of rotatable bonds is 7. The molecule has 11 nitrogen and oxygen atoms in total. The highest BCUT2D eigenvalue weighted by Crippen LogP contribution is 2.20. The molecule has 2 aromatic carbocycles. The molecule has 1 aromatic heterocycles. The van der Waals surface area contributed by atoms with Crippen LogP contribution in [0, 0.1) is 5.82 Å². The number of anilines is 2. The van der Waals surface area contributed by atoms with Gasteiger partial charge < -0.3 is 16.2 Å². The fourth-order valence-electron chi connectivity index (χ4n) is 2.05. The molecule has 5 N–H and O–H groups in total. The van der Waals surface area contributed by atoms with Crippen molar-refractivity contribution in [3.8, 4) is 0 Å². The summed E-state index contributed by atoms with van der Waals surface area (Å²) in [5.41, 5.74) is 9.98. The Bertz CT molecular complexity index is 1190. The quantitative estimate of drug-likeness (QED) is 0.191. The van der Waals surface area contributed by atoms with Crippen LogP contribution in [0.15, 0.2) is 56.7 Å². The lowest BCUT2D eigenvalue weighted by molar-refractivity contribution is -0.192. The van der Waals surface area contributed by atoms with Crippen LogP contribution in [0.4, 0.5) is 29.1 Å². The zero-order valence-corrected chi connectivity index (χ0v) is 18.8. The Balaban J connectivity index is 0.000000540. The summed E-state index contributed by atoms with van der Waals surface area (Å²) in [6, 6.07) is 11.0. The van der Waals surface area contributed by atoms with Gasteiger partial charge in [0.2, 0.25) is 5.82 Å². The molecule has 3 aromatic rings. The third-order valence-electron chi connectivity index (χ3n) is 3.75. The molecule has 0 aliphatic carbocycles.